The molecule has 0 aliphatic carbocycles. The Morgan fingerprint density at radius 2 is 1.88 bits per heavy atom. The number of thiophene rings is 1. The van der Waals surface area contributed by atoms with Gasteiger partial charge in [-0.3, -0.25) is 14.9 Å². The first kappa shape index (κ1) is 17.9. The molecule has 0 saturated heterocycles. The van der Waals surface area contributed by atoms with E-state index in [0.717, 1.165) is 17.1 Å². The van der Waals surface area contributed by atoms with E-state index in [1.54, 1.807) is 0 Å². The minimum atomic E-state index is -0.508. The Bertz CT molecular complexity index is 717. The van der Waals surface area contributed by atoms with Gasteiger partial charge in [-0.05, 0) is 29.2 Å². The number of amides is 1. The molecule has 2 rings (SSSR count). The highest BCUT2D eigenvalue weighted by atomic mass is 32.1. The number of ether oxygens (including phenoxy) is 1. The summed E-state index contributed by atoms with van der Waals surface area (Å²) in [6.45, 7) is 7.09. The van der Waals surface area contributed by atoms with Crippen LogP contribution in [0.15, 0.2) is 36.4 Å². The molecular formula is C17H20N2O4S. The van der Waals surface area contributed by atoms with Crippen LogP contribution in [0.4, 0.5) is 5.00 Å². The van der Waals surface area contributed by atoms with Crippen LogP contribution in [-0.2, 0) is 5.41 Å². The number of hydrogen-bond acceptors (Lipinski definition) is 5. The van der Waals surface area contributed by atoms with Gasteiger partial charge in [0.1, 0.15) is 12.4 Å². The number of nitrogens with zero attached hydrogens (tertiary/aromatic N) is 1. The van der Waals surface area contributed by atoms with E-state index in [1.807, 2.05) is 24.3 Å². The summed E-state index contributed by atoms with van der Waals surface area (Å²) in [7, 11) is 0. The van der Waals surface area contributed by atoms with Crippen LogP contribution >= 0.6 is 11.3 Å². The van der Waals surface area contributed by atoms with Crippen molar-refractivity contribution in [3.63, 3.8) is 0 Å². The van der Waals surface area contributed by atoms with Crippen LogP contribution in [0.5, 0.6) is 5.75 Å². The molecular weight excluding hydrogens is 328 g/mol. The van der Waals surface area contributed by atoms with Gasteiger partial charge >= 0.3 is 5.00 Å². The van der Waals surface area contributed by atoms with E-state index in [2.05, 4.69) is 26.1 Å². The van der Waals surface area contributed by atoms with E-state index in [0.29, 0.717) is 18.0 Å². The second-order valence-corrected chi connectivity index (χ2v) is 7.34. The summed E-state index contributed by atoms with van der Waals surface area (Å²) in [4.78, 5) is 22.3. The van der Waals surface area contributed by atoms with E-state index in [1.165, 1.54) is 17.7 Å². The summed E-state index contributed by atoms with van der Waals surface area (Å²) in [6.07, 6.45) is 0. The van der Waals surface area contributed by atoms with Gasteiger partial charge in [0, 0.05) is 6.07 Å². The zero-order valence-electron chi connectivity index (χ0n) is 13.9. The molecule has 0 spiro atoms. The molecule has 0 fully saturated rings. The smallest absolute Gasteiger partial charge is 0.324 e. The van der Waals surface area contributed by atoms with Crippen molar-refractivity contribution in [3.8, 4) is 5.75 Å². The minimum absolute atomic E-state index is 0.0460. The first-order chi connectivity index (χ1) is 11.3. The zero-order chi connectivity index (χ0) is 17.7. The predicted octanol–water partition coefficient (Wildman–Crippen LogP) is 3.76. The highest BCUT2D eigenvalue weighted by Crippen LogP contribution is 2.24. The van der Waals surface area contributed by atoms with Crippen molar-refractivity contribution in [2.24, 2.45) is 0 Å². The Hall–Kier alpha value is -2.41. The van der Waals surface area contributed by atoms with Crippen LogP contribution in [0.3, 0.4) is 0 Å². The molecule has 1 aromatic carbocycles. The summed E-state index contributed by atoms with van der Waals surface area (Å²) in [6, 6.07) is 10.6. The number of hydrogen-bond donors (Lipinski definition) is 1. The molecule has 7 heteroatoms. The van der Waals surface area contributed by atoms with Crippen LogP contribution in [-0.4, -0.2) is 24.0 Å². The molecule has 1 aromatic heterocycles. The van der Waals surface area contributed by atoms with Crippen LogP contribution in [0.2, 0.25) is 0 Å². The molecule has 0 aliphatic rings. The number of benzene rings is 1. The lowest BCUT2D eigenvalue weighted by atomic mass is 9.87. The Morgan fingerprint density at radius 1 is 1.21 bits per heavy atom. The Balaban J connectivity index is 1.78. The minimum Gasteiger partial charge on any atom is -0.492 e. The third kappa shape index (κ3) is 4.79. The summed E-state index contributed by atoms with van der Waals surface area (Å²) >= 11 is 0.855. The fraction of sp³-hybridized carbons (Fsp3) is 0.353. The van der Waals surface area contributed by atoms with Gasteiger partial charge in [-0.1, -0.05) is 44.2 Å². The lowest BCUT2D eigenvalue weighted by molar-refractivity contribution is -0.380. The summed E-state index contributed by atoms with van der Waals surface area (Å²) < 4.78 is 5.58. The van der Waals surface area contributed by atoms with Gasteiger partial charge in [-0.15, -0.1) is 0 Å². The van der Waals surface area contributed by atoms with Crippen molar-refractivity contribution in [1.29, 1.82) is 0 Å². The van der Waals surface area contributed by atoms with Gasteiger partial charge in [0.25, 0.3) is 5.91 Å². The van der Waals surface area contributed by atoms with Crippen LogP contribution < -0.4 is 10.1 Å². The molecule has 0 aliphatic heterocycles. The van der Waals surface area contributed by atoms with Crippen LogP contribution in [0, 0.1) is 10.1 Å². The quantitative estimate of drug-likeness (QED) is 0.489. The summed E-state index contributed by atoms with van der Waals surface area (Å²) in [5, 5.41) is 13.2. The number of nitrogens with one attached hydrogen (secondary N) is 1. The lowest BCUT2D eigenvalue weighted by Gasteiger charge is -2.19. The molecule has 0 unspecified atom stereocenters. The van der Waals surface area contributed by atoms with Crippen molar-refractivity contribution in [1.82, 2.24) is 5.32 Å². The molecule has 1 N–H and O–H groups in total. The maximum atomic E-state index is 11.9. The van der Waals surface area contributed by atoms with Gasteiger partial charge in [-0.2, -0.15) is 0 Å². The summed E-state index contributed by atoms with van der Waals surface area (Å²) in [5.74, 6) is 0.406. The Morgan fingerprint density at radius 3 is 2.42 bits per heavy atom. The zero-order valence-corrected chi connectivity index (χ0v) is 14.7. The molecule has 0 bridgehead atoms. The SMILES string of the molecule is CC(C)(C)c1ccc(OCCNC(=O)c2ccc([N+](=O)[O-])s2)cc1. The maximum absolute atomic E-state index is 11.9. The molecule has 0 atom stereocenters. The van der Waals surface area contributed by atoms with Gasteiger partial charge < -0.3 is 10.1 Å². The molecule has 1 heterocycles. The van der Waals surface area contributed by atoms with Crippen molar-refractivity contribution in [3.05, 3.63) is 57.0 Å². The van der Waals surface area contributed by atoms with Crippen molar-refractivity contribution in [2.45, 2.75) is 26.2 Å². The highest BCUT2D eigenvalue weighted by molar-refractivity contribution is 7.17. The number of rotatable bonds is 6. The van der Waals surface area contributed by atoms with E-state index in [9.17, 15) is 14.9 Å². The van der Waals surface area contributed by atoms with Gasteiger partial charge in [0.15, 0.2) is 0 Å². The molecule has 6 nitrogen and oxygen atoms in total. The first-order valence-corrected chi connectivity index (χ1v) is 8.35. The third-order valence-electron chi connectivity index (χ3n) is 3.37. The number of carbonyl (C=O) groups excluding carboxylic acids is 1. The van der Waals surface area contributed by atoms with Crippen molar-refractivity contribution >= 4 is 22.2 Å². The molecule has 0 saturated carbocycles. The average molecular weight is 348 g/mol. The topological polar surface area (TPSA) is 81.5 Å². The predicted molar refractivity (Wildman–Crippen MR) is 93.9 cm³/mol. The second kappa shape index (κ2) is 7.44. The number of carbonyl (C=O) groups is 1. The van der Waals surface area contributed by atoms with Gasteiger partial charge in [-0.25, -0.2) is 0 Å². The van der Waals surface area contributed by atoms with E-state index in [-0.39, 0.29) is 16.3 Å². The molecule has 1 amide bonds. The molecule has 2 aromatic rings. The van der Waals surface area contributed by atoms with Crippen LogP contribution in [0.25, 0.3) is 0 Å². The molecule has 24 heavy (non-hydrogen) atoms. The van der Waals surface area contributed by atoms with Crippen molar-refractivity contribution in [2.75, 3.05) is 13.2 Å². The fourth-order valence-electron chi connectivity index (χ4n) is 2.02. The Labute approximate surface area is 144 Å². The normalized spacial score (nSPS) is 11.1. The average Bonchev–Trinajstić information content (AvgIpc) is 3.01. The van der Waals surface area contributed by atoms with E-state index >= 15 is 0 Å². The largest absolute Gasteiger partial charge is 0.492 e. The monoisotopic (exact) mass is 348 g/mol. The lowest BCUT2D eigenvalue weighted by Crippen LogP contribution is -2.27. The standard InChI is InChI=1S/C17H20N2O4S/c1-17(2,3)12-4-6-13(7-5-12)23-11-10-18-16(20)14-8-9-15(24-14)19(21)22/h4-9H,10-11H2,1-3H3,(H,18,20). The summed E-state index contributed by atoms with van der Waals surface area (Å²) in [5.41, 5.74) is 1.32. The highest BCUT2D eigenvalue weighted by Gasteiger charge is 2.15. The van der Waals surface area contributed by atoms with Crippen LogP contribution in [0.1, 0.15) is 36.0 Å². The third-order valence-corrected chi connectivity index (χ3v) is 4.41. The number of nitro groups is 1. The van der Waals surface area contributed by atoms with Crippen molar-refractivity contribution < 1.29 is 14.5 Å². The Kier molecular flexibility index (Phi) is 5.56. The maximum Gasteiger partial charge on any atom is 0.324 e. The van der Waals surface area contributed by atoms with Gasteiger partial charge in [0.2, 0.25) is 0 Å². The second-order valence-electron chi connectivity index (χ2n) is 6.27. The van der Waals surface area contributed by atoms with Gasteiger partial charge in [0.05, 0.1) is 16.3 Å². The fourth-order valence-corrected chi connectivity index (χ4v) is 2.76. The van der Waals surface area contributed by atoms with E-state index < -0.39 is 4.92 Å². The first-order valence-electron chi connectivity index (χ1n) is 7.53. The molecule has 128 valence electrons. The van der Waals surface area contributed by atoms with E-state index in [4.69, 9.17) is 4.74 Å². The molecule has 0 radical (unpaired) electrons.